The first-order chi connectivity index (χ1) is 11.4. The van der Waals surface area contributed by atoms with E-state index in [1.165, 1.54) is 6.92 Å². The molecule has 1 atom stereocenters. The molecule has 1 aliphatic rings. The van der Waals surface area contributed by atoms with Crippen molar-refractivity contribution >= 4 is 11.7 Å². The number of carbonyl (C=O) groups excluding carboxylic acids is 2. The zero-order valence-electron chi connectivity index (χ0n) is 14.5. The third-order valence-corrected chi connectivity index (χ3v) is 4.72. The lowest BCUT2D eigenvalue weighted by Gasteiger charge is -2.35. The van der Waals surface area contributed by atoms with E-state index in [2.05, 4.69) is 4.98 Å². The molecule has 2 aromatic rings. The van der Waals surface area contributed by atoms with Gasteiger partial charge >= 0.3 is 0 Å². The van der Waals surface area contributed by atoms with Gasteiger partial charge in [-0.1, -0.05) is 0 Å². The third kappa shape index (κ3) is 2.67. The summed E-state index contributed by atoms with van der Waals surface area (Å²) in [5.74, 6) is -0.112. The van der Waals surface area contributed by atoms with Crippen LogP contribution in [0, 0.1) is 13.8 Å². The van der Waals surface area contributed by atoms with Crippen LogP contribution in [-0.2, 0) is 11.8 Å². The van der Waals surface area contributed by atoms with E-state index in [9.17, 15) is 9.59 Å². The summed E-state index contributed by atoms with van der Waals surface area (Å²) < 4.78 is 7.61. The van der Waals surface area contributed by atoms with Crippen molar-refractivity contribution in [2.75, 3.05) is 19.8 Å². The summed E-state index contributed by atoms with van der Waals surface area (Å²) in [5, 5.41) is 0. The molecular weight excluding hydrogens is 306 g/mol. The lowest BCUT2D eigenvalue weighted by molar-refractivity contribution is -0.00495. The fraction of sp³-hybridized carbons (Fsp3) is 0.444. The minimum Gasteiger partial charge on any atom is -0.377 e. The third-order valence-electron chi connectivity index (χ3n) is 4.72. The Balaban J connectivity index is 1.97. The molecule has 0 bridgehead atoms. The van der Waals surface area contributed by atoms with Crippen molar-refractivity contribution in [3.05, 3.63) is 46.5 Å². The number of hydrogen-bond acceptors (Lipinski definition) is 3. The number of ketones is 1. The molecule has 1 N–H and O–H groups in total. The van der Waals surface area contributed by atoms with Gasteiger partial charge in [0.1, 0.15) is 5.69 Å². The molecule has 0 radical (unpaired) electrons. The number of morpholine rings is 1. The average Bonchev–Trinajstić information content (AvgIpc) is 3.09. The minimum absolute atomic E-state index is 0.0266. The second kappa shape index (κ2) is 6.28. The van der Waals surface area contributed by atoms with Crippen molar-refractivity contribution in [1.29, 1.82) is 0 Å². The van der Waals surface area contributed by atoms with Crippen molar-refractivity contribution in [3.63, 3.8) is 0 Å². The summed E-state index contributed by atoms with van der Waals surface area (Å²) >= 11 is 0. The maximum absolute atomic E-state index is 13.1. The molecule has 0 aliphatic carbocycles. The van der Waals surface area contributed by atoms with Gasteiger partial charge in [0.05, 0.1) is 19.3 Å². The second-order valence-corrected chi connectivity index (χ2v) is 6.31. The number of aromatic amines is 1. The van der Waals surface area contributed by atoms with Crippen LogP contribution in [0.25, 0.3) is 0 Å². The monoisotopic (exact) mass is 329 g/mol. The van der Waals surface area contributed by atoms with Crippen molar-refractivity contribution in [3.8, 4) is 0 Å². The Morgan fingerprint density at radius 1 is 1.33 bits per heavy atom. The highest BCUT2D eigenvalue weighted by atomic mass is 16.5. The average molecular weight is 329 g/mol. The van der Waals surface area contributed by atoms with Crippen LogP contribution < -0.4 is 0 Å². The van der Waals surface area contributed by atoms with Gasteiger partial charge < -0.3 is 19.2 Å². The topological polar surface area (TPSA) is 67.3 Å². The van der Waals surface area contributed by atoms with Crippen LogP contribution >= 0.6 is 0 Å². The van der Waals surface area contributed by atoms with Gasteiger partial charge in [0.25, 0.3) is 5.91 Å². The summed E-state index contributed by atoms with van der Waals surface area (Å²) in [5.41, 5.74) is 3.62. The Hall–Kier alpha value is -2.34. The Kier molecular flexibility index (Phi) is 4.32. The molecule has 1 amide bonds. The van der Waals surface area contributed by atoms with E-state index in [-0.39, 0.29) is 17.7 Å². The standard InChI is InChI=1S/C18H23N3O3/c1-11-16(13(3)22)12(2)19-17(11)18(23)21-8-9-24-10-15(21)14-6-5-7-20(14)4/h5-7,15,19H,8-10H2,1-4H3. The van der Waals surface area contributed by atoms with Crippen LogP contribution in [-0.4, -0.2) is 45.9 Å². The number of ether oxygens (including phenoxy) is 1. The summed E-state index contributed by atoms with van der Waals surface area (Å²) in [6.07, 6.45) is 1.96. The van der Waals surface area contributed by atoms with E-state index in [0.29, 0.717) is 31.0 Å². The molecular formula is C18H23N3O3. The van der Waals surface area contributed by atoms with E-state index < -0.39 is 0 Å². The molecule has 1 aliphatic heterocycles. The lowest BCUT2D eigenvalue weighted by atomic mass is 10.1. The summed E-state index contributed by atoms with van der Waals surface area (Å²) in [7, 11) is 1.96. The van der Waals surface area contributed by atoms with Gasteiger partial charge in [-0.25, -0.2) is 0 Å². The number of rotatable bonds is 3. The molecule has 6 nitrogen and oxygen atoms in total. The van der Waals surface area contributed by atoms with Crippen LogP contribution in [0.3, 0.4) is 0 Å². The Labute approximate surface area is 141 Å². The van der Waals surface area contributed by atoms with Crippen molar-refractivity contribution in [1.82, 2.24) is 14.5 Å². The molecule has 6 heteroatoms. The molecule has 128 valence electrons. The highest BCUT2D eigenvalue weighted by Gasteiger charge is 2.33. The van der Waals surface area contributed by atoms with Gasteiger partial charge in [-0.05, 0) is 38.5 Å². The van der Waals surface area contributed by atoms with Crippen LogP contribution in [0.5, 0.6) is 0 Å². The molecule has 3 rings (SSSR count). The van der Waals surface area contributed by atoms with Gasteiger partial charge in [-0.3, -0.25) is 9.59 Å². The molecule has 0 aromatic carbocycles. The van der Waals surface area contributed by atoms with E-state index >= 15 is 0 Å². The number of H-pyrrole nitrogens is 1. The lowest BCUT2D eigenvalue weighted by Crippen LogP contribution is -2.44. The summed E-state index contributed by atoms with van der Waals surface area (Å²) in [4.78, 5) is 29.9. The van der Waals surface area contributed by atoms with Crippen LogP contribution in [0.2, 0.25) is 0 Å². The number of Topliss-reactive ketones (excluding diaryl/α,β-unsaturated/α-hetero) is 1. The first-order valence-electron chi connectivity index (χ1n) is 8.11. The van der Waals surface area contributed by atoms with Gasteiger partial charge in [-0.15, -0.1) is 0 Å². The fourth-order valence-electron chi connectivity index (χ4n) is 3.55. The summed E-state index contributed by atoms with van der Waals surface area (Å²) in [6, 6.07) is 3.84. The number of amides is 1. The Bertz CT molecular complexity index is 788. The molecule has 2 aromatic heterocycles. The van der Waals surface area contributed by atoms with Crippen LogP contribution in [0.15, 0.2) is 18.3 Å². The molecule has 1 fully saturated rings. The minimum atomic E-state index is -0.130. The predicted molar refractivity (Wildman–Crippen MR) is 90.3 cm³/mol. The molecule has 0 saturated carbocycles. The maximum atomic E-state index is 13.1. The van der Waals surface area contributed by atoms with Crippen LogP contribution in [0.1, 0.15) is 50.8 Å². The molecule has 3 heterocycles. The molecule has 0 spiro atoms. The predicted octanol–water partition coefficient (Wildman–Crippen LogP) is 2.39. The molecule has 24 heavy (non-hydrogen) atoms. The zero-order valence-corrected chi connectivity index (χ0v) is 14.5. The maximum Gasteiger partial charge on any atom is 0.271 e. The number of hydrogen-bond donors (Lipinski definition) is 1. The zero-order chi connectivity index (χ0) is 17.4. The highest BCUT2D eigenvalue weighted by Crippen LogP contribution is 2.28. The number of nitrogens with one attached hydrogen (secondary N) is 1. The smallest absolute Gasteiger partial charge is 0.271 e. The van der Waals surface area contributed by atoms with E-state index in [1.54, 1.807) is 0 Å². The Morgan fingerprint density at radius 2 is 2.08 bits per heavy atom. The van der Waals surface area contributed by atoms with Crippen molar-refractivity contribution < 1.29 is 14.3 Å². The van der Waals surface area contributed by atoms with Gasteiger partial charge in [0, 0.05) is 36.7 Å². The first kappa shape index (κ1) is 16.5. The first-order valence-corrected chi connectivity index (χ1v) is 8.11. The van der Waals surface area contributed by atoms with Crippen LogP contribution in [0.4, 0.5) is 0 Å². The van der Waals surface area contributed by atoms with Crippen molar-refractivity contribution in [2.24, 2.45) is 7.05 Å². The van der Waals surface area contributed by atoms with Gasteiger partial charge in [0.15, 0.2) is 5.78 Å². The molecule has 1 unspecified atom stereocenters. The van der Waals surface area contributed by atoms with E-state index in [0.717, 1.165) is 17.0 Å². The Morgan fingerprint density at radius 3 is 2.67 bits per heavy atom. The SMILES string of the molecule is CC(=O)c1c(C)[nH]c(C(=O)N2CCOCC2c2cccn2C)c1C. The second-order valence-electron chi connectivity index (χ2n) is 6.31. The normalized spacial score (nSPS) is 18.0. The van der Waals surface area contributed by atoms with Gasteiger partial charge in [0.2, 0.25) is 0 Å². The highest BCUT2D eigenvalue weighted by molar-refractivity contribution is 6.02. The number of aryl methyl sites for hydroxylation is 2. The number of carbonyl (C=O) groups is 2. The van der Waals surface area contributed by atoms with E-state index in [1.807, 2.05) is 48.7 Å². The fourth-order valence-corrected chi connectivity index (χ4v) is 3.55. The number of nitrogens with zero attached hydrogens (tertiary/aromatic N) is 2. The largest absolute Gasteiger partial charge is 0.377 e. The summed E-state index contributed by atoms with van der Waals surface area (Å²) in [6.45, 7) is 6.70. The number of aromatic nitrogens is 2. The van der Waals surface area contributed by atoms with E-state index in [4.69, 9.17) is 4.74 Å². The molecule has 1 saturated heterocycles. The van der Waals surface area contributed by atoms with Crippen molar-refractivity contribution in [2.45, 2.75) is 26.8 Å². The van der Waals surface area contributed by atoms with Gasteiger partial charge in [-0.2, -0.15) is 0 Å². The quantitative estimate of drug-likeness (QED) is 0.879.